The van der Waals surface area contributed by atoms with E-state index in [2.05, 4.69) is 10.6 Å². The summed E-state index contributed by atoms with van der Waals surface area (Å²) in [7, 11) is 1.62. The average Bonchev–Trinajstić information content (AvgIpc) is 2.59. The van der Waals surface area contributed by atoms with Crippen LogP contribution in [-0.2, 0) is 4.79 Å². The molecule has 0 heterocycles. The topological polar surface area (TPSA) is 59.6 Å². The molecular weight excluding hydrogens is 292 g/mol. The number of anilines is 1. The van der Waals surface area contributed by atoms with Crippen molar-refractivity contribution in [3.8, 4) is 11.5 Å². The molecular formula is C18H22N2O3. The number of carbonyl (C=O) groups excluding carboxylic acids is 1. The van der Waals surface area contributed by atoms with E-state index in [0.29, 0.717) is 13.2 Å². The summed E-state index contributed by atoms with van der Waals surface area (Å²) < 4.78 is 10.6. The number of ether oxygens (including phenoxy) is 2. The Balaban J connectivity index is 1.61. The van der Waals surface area contributed by atoms with Crippen LogP contribution in [0, 0.1) is 6.92 Å². The number of carbonyl (C=O) groups is 1. The van der Waals surface area contributed by atoms with Gasteiger partial charge in [0, 0.05) is 5.69 Å². The first-order valence-electron chi connectivity index (χ1n) is 7.51. The van der Waals surface area contributed by atoms with Crippen molar-refractivity contribution in [2.75, 3.05) is 32.1 Å². The third kappa shape index (κ3) is 5.90. The van der Waals surface area contributed by atoms with Crippen LogP contribution < -0.4 is 20.1 Å². The molecule has 0 aliphatic rings. The van der Waals surface area contributed by atoms with E-state index >= 15 is 0 Å². The van der Waals surface area contributed by atoms with Gasteiger partial charge in [-0.05, 0) is 43.3 Å². The molecule has 0 atom stereocenters. The molecule has 0 aliphatic heterocycles. The van der Waals surface area contributed by atoms with Crippen LogP contribution in [0.4, 0.5) is 5.69 Å². The Labute approximate surface area is 136 Å². The van der Waals surface area contributed by atoms with E-state index in [9.17, 15) is 4.79 Å². The van der Waals surface area contributed by atoms with Gasteiger partial charge in [-0.25, -0.2) is 0 Å². The van der Waals surface area contributed by atoms with Crippen molar-refractivity contribution in [3.05, 3.63) is 54.1 Å². The van der Waals surface area contributed by atoms with Gasteiger partial charge in [0.25, 0.3) is 0 Å². The molecule has 0 bridgehead atoms. The number of hydrogen-bond donors (Lipinski definition) is 2. The average molecular weight is 314 g/mol. The van der Waals surface area contributed by atoms with E-state index in [4.69, 9.17) is 9.47 Å². The summed E-state index contributed by atoms with van der Waals surface area (Å²) in [6.07, 6.45) is 0. The molecule has 23 heavy (non-hydrogen) atoms. The second-order valence-electron chi connectivity index (χ2n) is 5.09. The van der Waals surface area contributed by atoms with Gasteiger partial charge in [-0.1, -0.05) is 17.7 Å². The van der Waals surface area contributed by atoms with Gasteiger partial charge in [-0.2, -0.15) is 0 Å². The molecule has 0 spiro atoms. The summed E-state index contributed by atoms with van der Waals surface area (Å²) in [4.78, 5) is 11.7. The van der Waals surface area contributed by atoms with Gasteiger partial charge in [0.1, 0.15) is 18.1 Å². The maximum atomic E-state index is 11.7. The molecule has 2 rings (SSSR count). The van der Waals surface area contributed by atoms with Crippen molar-refractivity contribution < 1.29 is 14.3 Å². The van der Waals surface area contributed by atoms with E-state index in [1.54, 1.807) is 7.11 Å². The fourth-order valence-corrected chi connectivity index (χ4v) is 1.95. The van der Waals surface area contributed by atoms with E-state index < -0.39 is 0 Å². The van der Waals surface area contributed by atoms with Crippen molar-refractivity contribution in [2.24, 2.45) is 0 Å². The lowest BCUT2D eigenvalue weighted by Crippen LogP contribution is -2.32. The fraction of sp³-hybridized carbons (Fsp3) is 0.278. The van der Waals surface area contributed by atoms with Crippen LogP contribution in [0.1, 0.15) is 5.56 Å². The third-order valence-electron chi connectivity index (χ3n) is 3.26. The number of amides is 1. The SMILES string of the molecule is COc1ccc(OCCNC(=O)CNc2ccc(C)cc2)cc1. The van der Waals surface area contributed by atoms with Crippen LogP contribution in [0.5, 0.6) is 11.5 Å². The zero-order chi connectivity index (χ0) is 16.5. The predicted octanol–water partition coefficient (Wildman–Crippen LogP) is 2.61. The molecule has 2 aromatic carbocycles. The molecule has 0 unspecified atom stereocenters. The number of aryl methyl sites for hydroxylation is 1. The van der Waals surface area contributed by atoms with Crippen molar-refractivity contribution in [3.63, 3.8) is 0 Å². The van der Waals surface area contributed by atoms with Crippen molar-refractivity contribution in [1.82, 2.24) is 5.32 Å². The minimum absolute atomic E-state index is 0.0658. The molecule has 0 aliphatic carbocycles. The summed E-state index contributed by atoms with van der Waals surface area (Å²) >= 11 is 0. The highest BCUT2D eigenvalue weighted by Crippen LogP contribution is 2.16. The molecule has 5 heteroatoms. The Hall–Kier alpha value is -2.69. The monoisotopic (exact) mass is 314 g/mol. The number of methoxy groups -OCH3 is 1. The summed E-state index contributed by atoms with van der Waals surface area (Å²) in [5, 5.41) is 5.88. The quantitative estimate of drug-likeness (QED) is 0.735. The highest BCUT2D eigenvalue weighted by Gasteiger charge is 2.01. The van der Waals surface area contributed by atoms with Crippen LogP contribution in [0.2, 0.25) is 0 Å². The van der Waals surface area contributed by atoms with E-state index in [0.717, 1.165) is 17.2 Å². The lowest BCUT2D eigenvalue weighted by Gasteiger charge is -2.09. The van der Waals surface area contributed by atoms with Gasteiger partial charge in [0.15, 0.2) is 0 Å². The largest absolute Gasteiger partial charge is 0.497 e. The smallest absolute Gasteiger partial charge is 0.239 e. The fourth-order valence-electron chi connectivity index (χ4n) is 1.95. The molecule has 0 fully saturated rings. The molecule has 0 saturated carbocycles. The normalized spacial score (nSPS) is 10.0. The zero-order valence-electron chi connectivity index (χ0n) is 13.5. The Kier molecular flexibility index (Phi) is 6.29. The standard InChI is InChI=1S/C18H22N2O3/c1-14-3-5-15(6-4-14)20-13-18(21)19-11-12-23-17-9-7-16(22-2)8-10-17/h3-10,20H,11-13H2,1-2H3,(H,19,21). The highest BCUT2D eigenvalue weighted by atomic mass is 16.5. The molecule has 5 nitrogen and oxygen atoms in total. The number of benzene rings is 2. The number of hydrogen-bond acceptors (Lipinski definition) is 4. The lowest BCUT2D eigenvalue weighted by atomic mass is 10.2. The Morgan fingerprint density at radius 2 is 1.65 bits per heavy atom. The first-order valence-corrected chi connectivity index (χ1v) is 7.51. The van der Waals surface area contributed by atoms with Crippen LogP contribution >= 0.6 is 0 Å². The van der Waals surface area contributed by atoms with Crippen molar-refractivity contribution >= 4 is 11.6 Å². The second-order valence-corrected chi connectivity index (χ2v) is 5.09. The van der Waals surface area contributed by atoms with Gasteiger partial charge in [-0.15, -0.1) is 0 Å². The second kappa shape index (κ2) is 8.68. The summed E-state index contributed by atoms with van der Waals surface area (Å²) in [6, 6.07) is 15.2. The molecule has 0 saturated heterocycles. The van der Waals surface area contributed by atoms with Crippen LogP contribution in [0.25, 0.3) is 0 Å². The molecule has 0 radical (unpaired) electrons. The zero-order valence-corrected chi connectivity index (χ0v) is 13.5. The maximum absolute atomic E-state index is 11.7. The minimum atomic E-state index is -0.0658. The maximum Gasteiger partial charge on any atom is 0.239 e. The summed E-state index contributed by atoms with van der Waals surface area (Å²) in [6.45, 7) is 3.15. The highest BCUT2D eigenvalue weighted by molar-refractivity contribution is 5.80. The molecule has 122 valence electrons. The van der Waals surface area contributed by atoms with Gasteiger partial charge < -0.3 is 20.1 Å². The summed E-state index contributed by atoms with van der Waals surface area (Å²) in [5.41, 5.74) is 2.12. The lowest BCUT2D eigenvalue weighted by molar-refractivity contribution is -0.119. The van der Waals surface area contributed by atoms with Crippen LogP contribution in [-0.4, -0.2) is 32.7 Å². The van der Waals surface area contributed by atoms with Gasteiger partial charge in [0.05, 0.1) is 20.2 Å². The van der Waals surface area contributed by atoms with Gasteiger partial charge in [-0.3, -0.25) is 4.79 Å². The van der Waals surface area contributed by atoms with E-state index in [1.807, 2.05) is 55.5 Å². The molecule has 1 amide bonds. The van der Waals surface area contributed by atoms with Crippen LogP contribution in [0.3, 0.4) is 0 Å². The van der Waals surface area contributed by atoms with Crippen LogP contribution in [0.15, 0.2) is 48.5 Å². The Morgan fingerprint density at radius 3 is 2.30 bits per heavy atom. The van der Waals surface area contributed by atoms with Gasteiger partial charge >= 0.3 is 0 Å². The van der Waals surface area contributed by atoms with Crippen molar-refractivity contribution in [2.45, 2.75) is 6.92 Å². The Morgan fingerprint density at radius 1 is 1.00 bits per heavy atom. The first kappa shape index (κ1) is 16.7. The number of rotatable bonds is 8. The Bertz CT molecular complexity index is 609. The molecule has 0 aromatic heterocycles. The van der Waals surface area contributed by atoms with E-state index in [1.165, 1.54) is 5.56 Å². The molecule has 2 aromatic rings. The van der Waals surface area contributed by atoms with E-state index in [-0.39, 0.29) is 12.5 Å². The number of nitrogens with one attached hydrogen (secondary N) is 2. The predicted molar refractivity (Wildman–Crippen MR) is 91.2 cm³/mol. The minimum Gasteiger partial charge on any atom is -0.497 e. The van der Waals surface area contributed by atoms with Gasteiger partial charge in [0.2, 0.25) is 5.91 Å². The van der Waals surface area contributed by atoms with Crippen molar-refractivity contribution in [1.29, 1.82) is 0 Å². The first-order chi connectivity index (χ1) is 11.2. The molecule has 2 N–H and O–H groups in total. The third-order valence-corrected chi connectivity index (χ3v) is 3.26. The summed E-state index contributed by atoms with van der Waals surface area (Å²) in [5.74, 6) is 1.47.